The normalized spacial score (nSPS) is 43.4. The highest BCUT2D eigenvalue weighted by molar-refractivity contribution is 6.08. The van der Waals surface area contributed by atoms with E-state index >= 15 is 0 Å². The average molecular weight is 372 g/mol. The lowest BCUT2D eigenvalue weighted by atomic mass is 9.47. The lowest BCUT2D eigenvalue weighted by Crippen LogP contribution is -2.52. The summed E-state index contributed by atoms with van der Waals surface area (Å²) >= 11 is 0. The van der Waals surface area contributed by atoms with Crippen molar-refractivity contribution in [3.63, 3.8) is 0 Å². The van der Waals surface area contributed by atoms with Crippen LogP contribution in [0.2, 0.25) is 0 Å². The van der Waals surface area contributed by atoms with Gasteiger partial charge in [-0.2, -0.15) is 0 Å². The van der Waals surface area contributed by atoms with Crippen LogP contribution in [-0.2, 0) is 9.59 Å². The highest BCUT2D eigenvalue weighted by Gasteiger charge is 2.57. The number of fused-ring (bicyclic) bond motifs is 5. The molecular formula is C24H37NO2. The van der Waals surface area contributed by atoms with E-state index in [1.54, 1.807) is 0 Å². The maximum atomic E-state index is 13.1. The van der Waals surface area contributed by atoms with Crippen molar-refractivity contribution < 1.29 is 9.59 Å². The molecule has 3 nitrogen and oxygen atoms in total. The molecule has 0 aliphatic heterocycles. The Balaban J connectivity index is 1.64. The first kappa shape index (κ1) is 19.2. The van der Waals surface area contributed by atoms with Gasteiger partial charge in [-0.15, -0.1) is 0 Å². The second-order valence-corrected chi connectivity index (χ2v) is 10.3. The van der Waals surface area contributed by atoms with E-state index in [1.807, 2.05) is 24.8 Å². The summed E-state index contributed by atoms with van der Waals surface area (Å²) in [6.45, 7) is 10.3. The van der Waals surface area contributed by atoms with Crippen molar-refractivity contribution in [3.05, 3.63) is 11.6 Å². The Kier molecular flexibility index (Phi) is 4.79. The van der Waals surface area contributed by atoms with E-state index < -0.39 is 5.92 Å². The van der Waals surface area contributed by atoms with Crippen LogP contribution in [0.1, 0.15) is 79.1 Å². The number of carbonyl (C=O) groups is 2. The molecule has 0 aromatic carbocycles. The van der Waals surface area contributed by atoms with Gasteiger partial charge in [-0.05, 0) is 93.5 Å². The van der Waals surface area contributed by atoms with Crippen molar-refractivity contribution in [2.45, 2.75) is 79.1 Å². The first-order chi connectivity index (χ1) is 12.8. The lowest BCUT2D eigenvalue weighted by molar-refractivity contribution is -0.143. The third-order valence-corrected chi connectivity index (χ3v) is 9.18. The van der Waals surface area contributed by atoms with Gasteiger partial charge < -0.3 is 4.90 Å². The van der Waals surface area contributed by atoms with E-state index in [-0.39, 0.29) is 17.1 Å². The second kappa shape index (κ2) is 6.74. The molecule has 3 saturated carbocycles. The van der Waals surface area contributed by atoms with Crippen LogP contribution in [0.15, 0.2) is 11.6 Å². The summed E-state index contributed by atoms with van der Waals surface area (Å²) in [7, 11) is 0. The quantitative estimate of drug-likeness (QED) is 0.655. The molecule has 0 aromatic rings. The van der Waals surface area contributed by atoms with Crippen LogP contribution in [0.4, 0.5) is 0 Å². The Morgan fingerprint density at radius 2 is 1.85 bits per heavy atom. The zero-order valence-corrected chi connectivity index (χ0v) is 17.7. The van der Waals surface area contributed by atoms with Crippen molar-refractivity contribution in [1.29, 1.82) is 0 Å². The number of hydrogen-bond acceptors (Lipinski definition) is 2. The van der Waals surface area contributed by atoms with Crippen molar-refractivity contribution in [2.24, 2.45) is 34.5 Å². The van der Waals surface area contributed by atoms with Crippen molar-refractivity contribution >= 4 is 11.7 Å². The molecule has 4 aliphatic rings. The molecule has 3 heteroatoms. The third kappa shape index (κ3) is 2.83. The van der Waals surface area contributed by atoms with Crippen LogP contribution in [0, 0.1) is 34.5 Å². The van der Waals surface area contributed by atoms with Crippen molar-refractivity contribution in [1.82, 2.24) is 4.90 Å². The smallest absolute Gasteiger partial charge is 0.233 e. The van der Waals surface area contributed by atoms with E-state index in [0.717, 1.165) is 24.7 Å². The number of hydrogen-bond donors (Lipinski definition) is 0. The standard InChI is InChI=1S/C24H37NO2/c1-5-25(6-2)22(27)18-15-24(4)16(14-21(18)26)9-10-17-19-8-7-12-23(19,3)13-11-20(17)24/h14,17-20H,5-13,15H2,1-4H3/t17-,18?,19-,20+,23-,24-/m0/s1. The number of carbonyl (C=O) groups excluding carboxylic acids is 2. The van der Waals surface area contributed by atoms with Gasteiger partial charge in [0.05, 0.1) is 0 Å². The lowest BCUT2D eigenvalue weighted by Gasteiger charge is -2.58. The van der Waals surface area contributed by atoms with Crippen LogP contribution in [0.5, 0.6) is 0 Å². The van der Waals surface area contributed by atoms with Crippen LogP contribution < -0.4 is 0 Å². The number of ketones is 1. The van der Waals surface area contributed by atoms with Crippen LogP contribution >= 0.6 is 0 Å². The Morgan fingerprint density at radius 1 is 1.11 bits per heavy atom. The monoisotopic (exact) mass is 371 g/mol. The SMILES string of the molecule is CCN(CC)C(=O)C1C[C@@]2(C)C(=CC1=O)CC[C@@H]1[C@H]2CC[C@]2(C)CCC[C@@H]12. The van der Waals surface area contributed by atoms with Crippen molar-refractivity contribution in [3.8, 4) is 0 Å². The highest BCUT2D eigenvalue weighted by atomic mass is 16.2. The summed E-state index contributed by atoms with van der Waals surface area (Å²) in [6.07, 6.45) is 11.8. The molecule has 0 spiro atoms. The molecule has 4 rings (SSSR count). The minimum Gasteiger partial charge on any atom is -0.343 e. The maximum absolute atomic E-state index is 13.1. The number of rotatable bonds is 3. The molecule has 0 heterocycles. The van der Waals surface area contributed by atoms with Gasteiger partial charge in [0.1, 0.15) is 5.92 Å². The third-order valence-electron chi connectivity index (χ3n) is 9.18. The summed E-state index contributed by atoms with van der Waals surface area (Å²) in [6, 6.07) is 0. The molecule has 1 amide bonds. The fourth-order valence-corrected chi connectivity index (χ4v) is 7.60. The van der Waals surface area contributed by atoms with E-state index in [9.17, 15) is 9.59 Å². The van der Waals surface area contributed by atoms with Gasteiger partial charge in [0, 0.05) is 13.1 Å². The predicted molar refractivity (Wildman–Crippen MR) is 108 cm³/mol. The minimum absolute atomic E-state index is 0.0498. The van der Waals surface area contributed by atoms with Crippen LogP contribution in [0.3, 0.4) is 0 Å². The predicted octanol–water partition coefficient (Wildman–Crippen LogP) is 5.00. The summed E-state index contributed by atoms with van der Waals surface area (Å²) in [5.74, 6) is 2.00. The molecule has 150 valence electrons. The Hall–Kier alpha value is -1.12. The summed E-state index contributed by atoms with van der Waals surface area (Å²) in [4.78, 5) is 27.7. The van der Waals surface area contributed by atoms with Gasteiger partial charge in [-0.1, -0.05) is 25.8 Å². The molecule has 0 saturated heterocycles. The summed E-state index contributed by atoms with van der Waals surface area (Å²) < 4.78 is 0. The zero-order valence-electron chi connectivity index (χ0n) is 17.7. The van der Waals surface area contributed by atoms with Gasteiger partial charge in [-0.3, -0.25) is 9.59 Å². The summed E-state index contributed by atoms with van der Waals surface area (Å²) in [5.41, 5.74) is 1.97. The van der Waals surface area contributed by atoms with Gasteiger partial charge >= 0.3 is 0 Å². The van der Waals surface area contributed by atoms with E-state index in [0.29, 0.717) is 24.4 Å². The molecule has 27 heavy (non-hydrogen) atoms. The fraction of sp³-hybridized carbons (Fsp3) is 0.833. The molecule has 0 aromatic heterocycles. The Labute approximate surface area is 165 Å². The maximum Gasteiger partial charge on any atom is 0.233 e. The van der Waals surface area contributed by atoms with Crippen molar-refractivity contribution in [2.75, 3.05) is 13.1 Å². The molecule has 0 radical (unpaired) electrons. The molecule has 4 aliphatic carbocycles. The first-order valence-electron chi connectivity index (χ1n) is 11.4. The molecule has 6 atom stereocenters. The summed E-state index contributed by atoms with van der Waals surface area (Å²) in [5, 5.41) is 0. The second-order valence-electron chi connectivity index (χ2n) is 10.3. The largest absolute Gasteiger partial charge is 0.343 e. The molecule has 0 bridgehead atoms. The van der Waals surface area contributed by atoms with Gasteiger partial charge in [0.15, 0.2) is 5.78 Å². The molecule has 3 fully saturated rings. The number of nitrogens with zero attached hydrogens (tertiary/aromatic N) is 1. The fourth-order valence-electron chi connectivity index (χ4n) is 7.60. The van der Waals surface area contributed by atoms with E-state index in [4.69, 9.17) is 0 Å². The number of amides is 1. The Bertz CT molecular complexity index is 663. The van der Waals surface area contributed by atoms with E-state index in [2.05, 4.69) is 13.8 Å². The molecule has 1 unspecified atom stereocenters. The first-order valence-corrected chi connectivity index (χ1v) is 11.4. The average Bonchev–Trinajstić information content (AvgIpc) is 3.04. The molecule has 0 N–H and O–H groups in total. The Morgan fingerprint density at radius 3 is 2.56 bits per heavy atom. The minimum atomic E-state index is -0.450. The van der Waals surface area contributed by atoms with Gasteiger partial charge in [0.2, 0.25) is 5.91 Å². The molecular weight excluding hydrogens is 334 g/mol. The topological polar surface area (TPSA) is 37.4 Å². The highest BCUT2D eigenvalue weighted by Crippen LogP contribution is 2.65. The van der Waals surface area contributed by atoms with Crippen LogP contribution in [0.25, 0.3) is 0 Å². The van der Waals surface area contributed by atoms with Crippen LogP contribution in [-0.4, -0.2) is 29.7 Å². The van der Waals surface area contributed by atoms with Gasteiger partial charge in [-0.25, -0.2) is 0 Å². The zero-order chi connectivity index (χ0) is 19.4. The number of allylic oxidation sites excluding steroid dienone is 1. The van der Waals surface area contributed by atoms with Gasteiger partial charge in [0.25, 0.3) is 0 Å². The van der Waals surface area contributed by atoms with E-state index in [1.165, 1.54) is 44.1 Å².